The summed E-state index contributed by atoms with van der Waals surface area (Å²) in [5.41, 5.74) is 0. The fourth-order valence-electron chi connectivity index (χ4n) is 0.526. The molecule has 0 N–H and O–H groups in total. The van der Waals surface area contributed by atoms with Crippen molar-refractivity contribution in [3.8, 4) is 12.3 Å². The Bertz CT molecular complexity index is 257. The van der Waals surface area contributed by atoms with E-state index in [0.29, 0.717) is 10.9 Å². The van der Waals surface area contributed by atoms with Crippen molar-refractivity contribution in [3.05, 3.63) is 10.0 Å². The Labute approximate surface area is 64.3 Å². The van der Waals surface area contributed by atoms with Crippen molar-refractivity contribution >= 4 is 11.3 Å². The van der Waals surface area contributed by atoms with Crippen LogP contribution in [0.5, 0.6) is 0 Å². The first-order valence-corrected chi connectivity index (χ1v) is 3.85. The van der Waals surface area contributed by atoms with Crippen LogP contribution in [0.3, 0.4) is 0 Å². The molecule has 0 fully saturated rings. The summed E-state index contributed by atoms with van der Waals surface area (Å²) in [5.74, 6) is 2.88. The van der Waals surface area contributed by atoms with Gasteiger partial charge in [0.2, 0.25) is 0 Å². The molecule has 1 aromatic heterocycles. The first kappa shape index (κ1) is 7.23. The summed E-state index contributed by atoms with van der Waals surface area (Å²) in [6.07, 6.45) is 5.12. The normalized spacial score (nSPS) is 9.80. The lowest BCUT2D eigenvalue weighted by molar-refractivity contribution is 0.824. The van der Waals surface area contributed by atoms with Crippen LogP contribution in [0, 0.1) is 12.3 Å². The Morgan fingerprint density at radius 1 is 1.50 bits per heavy atom. The van der Waals surface area contributed by atoms with Crippen LogP contribution in [-0.4, -0.2) is 10.2 Å². The first-order valence-electron chi connectivity index (χ1n) is 3.04. The van der Waals surface area contributed by atoms with Crippen molar-refractivity contribution in [2.75, 3.05) is 0 Å². The van der Waals surface area contributed by atoms with Gasteiger partial charge in [0.15, 0.2) is 5.01 Å². The smallest absolute Gasteiger partial charge is 0.142 e. The quantitative estimate of drug-likeness (QED) is 0.572. The molecule has 3 heteroatoms. The number of rotatable bonds is 1. The zero-order valence-corrected chi connectivity index (χ0v) is 6.77. The minimum absolute atomic E-state index is 0.430. The standard InChI is InChI=1S/C7H8N2S/c1-4-6-8-9-7(10-6)5(2)3/h1,5H,2-3H3. The fraction of sp³-hybridized carbons (Fsp3) is 0.429. The molecule has 0 aromatic carbocycles. The van der Waals surface area contributed by atoms with E-state index in [1.807, 2.05) is 0 Å². The zero-order valence-electron chi connectivity index (χ0n) is 5.96. The third kappa shape index (κ3) is 1.34. The molecule has 0 amide bonds. The van der Waals surface area contributed by atoms with Crippen LogP contribution < -0.4 is 0 Å². The number of terminal acetylenes is 1. The molecule has 0 aliphatic heterocycles. The van der Waals surface area contributed by atoms with Gasteiger partial charge in [-0.3, -0.25) is 0 Å². The van der Waals surface area contributed by atoms with Crippen LogP contribution in [0.1, 0.15) is 29.8 Å². The predicted octanol–water partition coefficient (Wildman–Crippen LogP) is 1.64. The van der Waals surface area contributed by atoms with E-state index in [0.717, 1.165) is 5.01 Å². The molecule has 0 saturated heterocycles. The highest BCUT2D eigenvalue weighted by molar-refractivity contribution is 7.11. The van der Waals surface area contributed by atoms with Crippen LogP contribution in [0.2, 0.25) is 0 Å². The molecular formula is C7H8N2S. The van der Waals surface area contributed by atoms with E-state index >= 15 is 0 Å². The van der Waals surface area contributed by atoms with Gasteiger partial charge in [-0.1, -0.05) is 25.2 Å². The van der Waals surface area contributed by atoms with Gasteiger partial charge in [-0.2, -0.15) is 0 Å². The van der Waals surface area contributed by atoms with Gasteiger partial charge in [0.1, 0.15) is 5.01 Å². The Morgan fingerprint density at radius 3 is 2.50 bits per heavy atom. The number of nitrogens with zero attached hydrogens (tertiary/aromatic N) is 2. The van der Waals surface area contributed by atoms with Crippen LogP contribution in [0.25, 0.3) is 0 Å². The van der Waals surface area contributed by atoms with E-state index in [-0.39, 0.29) is 0 Å². The zero-order chi connectivity index (χ0) is 7.56. The van der Waals surface area contributed by atoms with Crippen molar-refractivity contribution in [3.63, 3.8) is 0 Å². The van der Waals surface area contributed by atoms with Gasteiger partial charge in [-0.25, -0.2) is 0 Å². The Balaban J connectivity index is 2.91. The second-order valence-corrected chi connectivity index (χ2v) is 3.25. The third-order valence-electron chi connectivity index (χ3n) is 1.06. The maximum Gasteiger partial charge on any atom is 0.190 e. The fourth-order valence-corrected chi connectivity index (χ4v) is 1.18. The highest BCUT2D eigenvalue weighted by Crippen LogP contribution is 2.17. The molecule has 0 radical (unpaired) electrons. The largest absolute Gasteiger partial charge is 0.190 e. The lowest BCUT2D eigenvalue weighted by atomic mass is 10.2. The van der Waals surface area contributed by atoms with Gasteiger partial charge in [-0.05, 0) is 5.92 Å². The van der Waals surface area contributed by atoms with Gasteiger partial charge >= 0.3 is 0 Å². The average molecular weight is 152 g/mol. The summed E-state index contributed by atoms with van der Waals surface area (Å²) in [5, 5.41) is 9.38. The van der Waals surface area contributed by atoms with Gasteiger partial charge in [-0.15, -0.1) is 16.6 Å². The van der Waals surface area contributed by atoms with Crippen molar-refractivity contribution in [1.29, 1.82) is 0 Å². The van der Waals surface area contributed by atoms with Crippen molar-refractivity contribution < 1.29 is 0 Å². The molecule has 0 unspecified atom stereocenters. The number of hydrogen-bond donors (Lipinski definition) is 0. The van der Waals surface area contributed by atoms with Gasteiger partial charge in [0.05, 0.1) is 0 Å². The third-order valence-corrected chi connectivity index (χ3v) is 2.21. The summed E-state index contributed by atoms with van der Waals surface area (Å²) in [4.78, 5) is 0. The molecule has 2 nitrogen and oxygen atoms in total. The van der Waals surface area contributed by atoms with Crippen LogP contribution >= 0.6 is 11.3 Å². The van der Waals surface area contributed by atoms with Crippen molar-refractivity contribution in [1.82, 2.24) is 10.2 Å². The van der Waals surface area contributed by atoms with E-state index in [4.69, 9.17) is 6.42 Å². The molecule has 0 saturated carbocycles. The monoisotopic (exact) mass is 152 g/mol. The van der Waals surface area contributed by atoms with Gasteiger partial charge in [0, 0.05) is 5.92 Å². The minimum atomic E-state index is 0.430. The lowest BCUT2D eigenvalue weighted by Crippen LogP contribution is -1.83. The first-order chi connectivity index (χ1) is 4.74. The minimum Gasteiger partial charge on any atom is -0.142 e. The van der Waals surface area contributed by atoms with Crippen LogP contribution in [0.4, 0.5) is 0 Å². The Morgan fingerprint density at radius 2 is 2.20 bits per heavy atom. The molecule has 1 aromatic rings. The van der Waals surface area contributed by atoms with E-state index < -0.39 is 0 Å². The molecule has 1 rings (SSSR count). The van der Waals surface area contributed by atoms with E-state index in [2.05, 4.69) is 30.0 Å². The number of hydrogen-bond acceptors (Lipinski definition) is 3. The summed E-state index contributed by atoms with van der Waals surface area (Å²) < 4.78 is 0. The summed E-state index contributed by atoms with van der Waals surface area (Å²) in [6.45, 7) is 4.14. The second-order valence-electron chi connectivity index (χ2n) is 2.24. The molecule has 0 bridgehead atoms. The summed E-state index contributed by atoms with van der Waals surface area (Å²) >= 11 is 1.48. The maximum atomic E-state index is 5.12. The van der Waals surface area contributed by atoms with Crippen LogP contribution in [-0.2, 0) is 0 Å². The molecule has 10 heavy (non-hydrogen) atoms. The SMILES string of the molecule is C#Cc1nnc(C(C)C)s1. The Hall–Kier alpha value is -0.880. The molecular weight excluding hydrogens is 144 g/mol. The van der Waals surface area contributed by atoms with E-state index in [1.165, 1.54) is 11.3 Å². The van der Waals surface area contributed by atoms with E-state index in [9.17, 15) is 0 Å². The average Bonchev–Trinajstić information content (AvgIpc) is 2.34. The Kier molecular flexibility index (Phi) is 2.03. The topological polar surface area (TPSA) is 25.8 Å². The molecule has 0 aliphatic carbocycles. The van der Waals surface area contributed by atoms with E-state index in [1.54, 1.807) is 0 Å². The lowest BCUT2D eigenvalue weighted by Gasteiger charge is -1.92. The predicted molar refractivity (Wildman–Crippen MR) is 41.9 cm³/mol. The molecule has 52 valence electrons. The second kappa shape index (κ2) is 2.80. The maximum absolute atomic E-state index is 5.12. The van der Waals surface area contributed by atoms with Crippen LogP contribution in [0.15, 0.2) is 0 Å². The summed E-state index contributed by atoms with van der Waals surface area (Å²) in [6, 6.07) is 0. The molecule has 0 spiro atoms. The molecule has 0 aliphatic rings. The van der Waals surface area contributed by atoms with Gasteiger partial charge in [0.25, 0.3) is 0 Å². The van der Waals surface area contributed by atoms with Crippen molar-refractivity contribution in [2.45, 2.75) is 19.8 Å². The highest BCUT2D eigenvalue weighted by atomic mass is 32.1. The number of aromatic nitrogens is 2. The molecule has 1 heterocycles. The van der Waals surface area contributed by atoms with Crippen molar-refractivity contribution in [2.24, 2.45) is 0 Å². The summed E-state index contributed by atoms with van der Waals surface area (Å²) in [7, 11) is 0. The van der Waals surface area contributed by atoms with Gasteiger partial charge < -0.3 is 0 Å². The highest BCUT2D eigenvalue weighted by Gasteiger charge is 2.04. The molecule has 0 atom stereocenters.